The molecule has 2 rings (SSSR count). The average Bonchev–Trinajstić information content (AvgIpc) is 2.52. The van der Waals surface area contributed by atoms with Gasteiger partial charge in [-0.1, -0.05) is 12.8 Å². The van der Waals surface area contributed by atoms with Gasteiger partial charge in [0.1, 0.15) is 5.75 Å². The predicted octanol–water partition coefficient (Wildman–Crippen LogP) is 1.78. The summed E-state index contributed by atoms with van der Waals surface area (Å²) in [5.41, 5.74) is 0.961. The first-order valence-corrected chi connectivity index (χ1v) is 7.63. The molecular formula is C16H20N2O5. The molecule has 0 fully saturated rings. The highest BCUT2D eigenvalue weighted by molar-refractivity contribution is 5.99. The molecule has 0 atom stereocenters. The molecule has 7 nitrogen and oxygen atoms in total. The Kier molecular flexibility index (Phi) is 5.96. The smallest absolute Gasteiger partial charge is 0.303 e. The molecule has 124 valence electrons. The third kappa shape index (κ3) is 5.28. The number of nitrogens with one attached hydrogen (secondary N) is 2. The Balaban J connectivity index is 1.73. The number of rotatable bonds is 8. The van der Waals surface area contributed by atoms with Crippen molar-refractivity contribution < 1.29 is 24.2 Å². The number of aliphatic carboxylic acids is 1. The van der Waals surface area contributed by atoms with Crippen LogP contribution in [0.5, 0.6) is 5.75 Å². The maximum atomic E-state index is 12.0. The summed E-state index contributed by atoms with van der Waals surface area (Å²) >= 11 is 0. The van der Waals surface area contributed by atoms with Crippen molar-refractivity contribution in [1.29, 1.82) is 0 Å². The molecule has 0 unspecified atom stereocenters. The van der Waals surface area contributed by atoms with Gasteiger partial charge in [-0.15, -0.1) is 0 Å². The van der Waals surface area contributed by atoms with Crippen molar-refractivity contribution in [1.82, 2.24) is 5.32 Å². The van der Waals surface area contributed by atoms with Crippen molar-refractivity contribution in [3.63, 3.8) is 0 Å². The maximum absolute atomic E-state index is 12.0. The van der Waals surface area contributed by atoms with Crippen LogP contribution in [0.1, 0.15) is 42.5 Å². The van der Waals surface area contributed by atoms with Crippen LogP contribution in [0.3, 0.4) is 0 Å². The minimum atomic E-state index is -0.776. The molecule has 0 bridgehead atoms. The Bertz CT molecular complexity index is 600. The van der Waals surface area contributed by atoms with E-state index in [9.17, 15) is 14.4 Å². The Morgan fingerprint density at radius 2 is 2.00 bits per heavy atom. The van der Waals surface area contributed by atoms with Crippen LogP contribution in [0.4, 0.5) is 5.69 Å². The van der Waals surface area contributed by atoms with Crippen LogP contribution >= 0.6 is 0 Å². The van der Waals surface area contributed by atoms with Gasteiger partial charge < -0.3 is 20.5 Å². The lowest BCUT2D eigenvalue weighted by Gasteiger charge is -2.18. The van der Waals surface area contributed by atoms with E-state index in [0.717, 1.165) is 19.3 Å². The molecule has 0 aliphatic carbocycles. The fourth-order valence-corrected chi connectivity index (χ4v) is 2.28. The Hall–Kier alpha value is -2.57. The van der Waals surface area contributed by atoms with E-state index in [1.54, 1.807) is 18.2 Å². The lowest BCUT2D eigenvalue weighted by molar-refractivity contribution is -0.137. The van der Waals surface area contributed by atoms with Crippen LogP contribution in [-0.2, 0) is 9.59 Å². The van der Waals surface area contributed by atoms with Crippen LogP contribution in [0.25, 0.3) is 0 Å². The zero-order chi connectivity index (χ0) is 16.7. The predicted molar refractivity (Wildman–Crippen MR) is 83.6 cm³/mol. The summed E-state index contributed by atoms with van der Waals surface area (Å²) in [4.78, 5) is 33.7. The highest BCUT2D eigenvalue weighted by atomic mass is 16.5. The third-order valence-corrected chi connectivity index (χ3v) is 3.48. The van der Waals surface area contributed by atoms with Crippen molar-refractivity contribution in [3.8, 4) is 5.75 Å². The van der Waals surface area contributed by atoms with E-state index < -0.39 is 5.97 Å². The first-order chi connectivity index (χ1) is 11.1. The lowest BCUT2D eigenvalue weighted by atomic mass is 10.1. The number of benzene rings is 1. The fraction of sp³-hybridized carbons (Fsp3) is 0.438. The largest absolute Gasteiger partial charge is 0.482 e. The van der Waals surface area contributed by atoms with Crippen LogP contribution in [-0.4, -0.2) is 36.0 Å². The average molecular weight is 320 g/mol. The fourth-order valence-electron chi connectivity index (χ4n) is 2.28. The van der Waals surface area contributed by atoms with Gasteiger partial charge in [0.25, 0.3) is 11.8 Å². The molecule has 0 aromatic heterocycles. The highest BCUT2D eigenvalue weighted by Gasteiger charge is 2.17. The molecule has 1 aliphatic rings. The van der Waals surface area contributed by atoms with E-state index in [1.807, 2.05) is 0 Å². The van der Waals surface area contributed by atoms with Crippen LogP contribution < -0.4 is 15.4 Å². The normalized spacial score (nSPS) is 12.8. The summed E-state index contributed by atoms with van der Waals surface area (Å²) in [5, 5.41) is 14.0. The molecule has 23 heavy (non-hydrogen) atoms. The van der Waals surface area contributed by atoms with Crippen LogP contribution in [0.2, 0.25) is 0 Å². The van der Waals surface area contributed by atoms with Crippen molar-refractivity contribution in [3.05, 3.63) is 23.8 Å². The molecule has 2 amide bonds. The Morgan fingerprint density at radius 1 is 1.22 bits per heavy atom. The quantitative estimate of drug-likeness (QED) is 0.633. The van der Waals surface area contributed by atoms with Crippen molar-refractivity contribution in [2.75, 3.05) is 18.5 Å². The van der Waals surface area contributed by atoms with Gasteiger partial charge in [0.15, 0.2) is 6.61 Å². The van der Waals surface area contributed by atoms with Gasteiger partial charge in [-0.25, -0.2) is 0 Å². The van der Waals surface area contributed by atoms with E-state index in [4.69, 9.17) is 9.84 Å². The lowest BCUT2D eigenvalue weighted by Crippen LogP contribution is -2.27. The molecule has 1 aromatic carbocycles. The maximum Gasteiger partial charge on any atom is 0.303 e. The first-order valence-electron chi connectivity index (χ1n) is 7.63. The number of carboxylic acids is 1. The number of carbonyl (C=O) groups is 3. The summed E-state index contributed by atoms with van der Waals surface area (Å²) < 4.78 is 5.24. The molecule has 0 saturated carbocycles. The van der Waals surface area contributed by atoms with Gasteiger partial charge >= 0.3 is 5.97 Å². The zero-order valence-corrected chi connectivity index (χ0v) is 12.8. The highest BCUT2D eigenvalue weighted by Crippen LogP contribution is 2.28. The van der Waals surface area contributed by atoms with Crippen LogP contribution in [0, 0.1) is 0 Å². The van der Waals surface area contributed by atoms with Gasteiger partial charge in [0, 0.05) is 18.5 Å². The molecule has 7 heteroatoms. The van der Waals surface area contributed by atoms with Crippen LogP contribution in [0.15, 0.2) is 18.2 Å². The standard InChI is InChI=1S/C16H20N2O5/c19-14-10-23-13-7-6-11(9-12(13)18-14)16(22)17-8-4-2-1-3-5-15(20)21/h6-7,9H,1-5,8,10H2,(H,17,22)(H,18,19)(H,20,21). The molecule has 1 heterocycles. The molecular weight excluding hydrogens is 300 g/mol. The van der Waals surface area contributed by atoms with E-state index in [0.29, 0.717) is 30.0 Å². The second kappa shape index (κ2) is 8.17. The Morgan fingerprint density at radius 3 is 2.78 bits per heavy atom. The number of ether oxygens (including phenoxy) is 1. The number of amides is 2. The minimum absolute atomic E-state index is 0.0135. The molecule has 3 N–H and O–H groups in total. The van der Waals surface area contributed by atoms with Gasteiger partial charge in [-0.3, -0.25) is 14.4 Å². The number of anilines is 1. The number of unbranched alkanes of at least 4 members (excludes halogenated alkanes) is 3. The van der Waals surface area contributed by atoms with Crippen molar-refractivity contribution in [2.24, 2.45) is 0 Å². The van der Waals surface area contributed by atoms with Crippen molar-refractivity contribution in [2.45, 2.75) is 32.1 Å². The Labute approximate surface area is 134 Å². The second-order valence-electron chi connectivity index (χ2n) is 5.36. The number of carbonyl (C=O) groups excluding carboxylic acids is 2. The number of hydrogen-bond acceptors (Lipinski definition) is 4. The SMILES string of the molecule is O=C(O)CCCCCCNC(=O)c1ccc2c(c1)NC(=O)CO2. The molecule has 0 spiro atoms. The van der Waals surface area contributed by atoms with Gasteiger partial charge in [0.2, 0.25) is 0 Å². The molecule has 0 saturated heterocycles. The zero-order valence-electron chi connectivity index (χ0n) is 12.8. The number of carboxylic acid groups (broad SMARTS) is 1. The molecule has 0 radical (unpaired) electrons. The summed E-state index contributed by atoms with van der Waals surface area (Å²) in [7, 11) is 0. The first kappa shape index (κ1) is 16.8. The van der Waals surface area contributed by atoms with Gasteiger partial charge in [-0.2, -0.15) is 0 Å². The summed E-state index contributed by atoms with van der Waals surface area (Å²) in [6, 6.07) is 4.91. The van der Waals surface area contributed by atoms with E-state index >= 15 is 0 Å². The minimum Gasteiger partial charge on any atom is -0.482 e. The van der Waals surface area contributed by atoms with Gasteiger partial charge in [0.05, 0.1) is 5.69 Å². The third-order valence-electron chi connectivity index (χ3n) is 3.48. The number of fused-ring (bicyclic) bond motifs is 1. The van der Waals surface area contributed by atoms with E-state index in [1.165, 1.54) is 0 Å². The van der Waals surface area contributed by atoms with Crippen molar-refractivity contribution >= 4 is 23.5 Å². The van der Waals surface area contributed by atoms with E-state index in [2.05, 4.69) is 10.6 Å². The van der Waals surface area contributed by atoms with Gasteiger partial charge in [-0.05, 0) is 31.0 Å². The summed E-state index contributed by atoms with van der Waals surface area (Å²) in [6.07, 6.45) is 3.37. The molecule has 1 aliphatic heterocycles. The summed E-state index contributed by atoms with van der Waals surface area (Å²) in [6.45, 7) is 0.520. The monoisotopic (exact) mass is 320 g/mol. The van der Waals surface area contributed by atoms with E-state index in [-0.39, 0.29) is 24.8 Å². The topological polar surface area (TPSA) is 105 Å². The summed E-state index contributed by atoms with van der Waals surface area (Å²) in [5.74, 6) is -0.670. The molecule has 1 aromatic rings. The second-order valence-corrected chi connectivity index (χ2v) is 5.36. The number of hydrogen-bond donors (Lipinski definition) is 3.